The van der Waals surface area contributed by atoms with Gasteiger partial charge in [0.2, 0.25) is 0 Å². The molecule has 6 heteroatoms. The minimum atomic E-state index is -4.17. The van der Waals surface area contributed by atoms with Gasteiger partial charge in [0.1, 0.15) is 0 Å². The van der Waals surface area contributed by atoms with Crippen molar-refractivity contribution < 1.29 is 23.6 Å². The molecule has 1 heterocycles. The maximum atomic E-state index is 12.1. The molecule has 0 spiro atoms. The van der Waals surface area contributed by atoms with E-state index < -0.39 is 20.9 Å². The average molecular weight is 583 g/mol. The molecular formula is C26H44IO4P. The smallest absolute Gasteiger partial charge is 0.287 e. The van der Waals surface area contributed by atoms with E-state index >= 15 is 0 Å². The topological polar surface area (TPSA) is 44.8 Å². The molecule has 4 nitrogen and oxygen atoms in total. The molecule has 0 aliphatic carbocycles. The van der Waals surface area contributed by atoms with Crippen LogP contribution in [0, 0.1) is 3.57 Å². The van der Waals surface area contributed by atoms with Crippen molar-refractivity contribution in [3.63, 3.8) is 0 Å². The molecule has 0 amide bonds. The molecule has 32 heavy (non-hydrogen) atoms. The molecule has 0 radical (unpaired) electrons. The zero-order valence-corrected chi connectivity index (χ0v) is 22.5. The fourth-order valence-corrected chi connectivity index (χ4v) is 5.11. The van der Waals surface area contributed by atoms with Gasteiger partial charge in [0.05, 0.1) is 25.2 Å². The van der Waals surface area contributed by atoms with Crippen LogP contribution in [-0.4, -0.2) is 19.7 Å². The van der Waals surface area contributed by atoms with Crippen LogP contribution in [0.25, 0.3) is 0 Å². The third kappa shape index (κ3) is 14.3. The Hall–Kier alpha value is 0.0600. The molecule has 184 valence electrons. The highest BCUT2D eigenvalue weighted by molar-refractivity contribution is 14.1. The molecule has 1 aromatic rings. The number of unbranched alkanes of at least 4 members (excludes halogenated alkanes) is 15. The Morgan fingerprint density at radius 2 is 1.12 bits per heavy atom. The first-order chi connectivity index (χ1) is 17.1. The summed E-state index contributed by atoms with van der Waals surface area (Å²) in [6, 6.07) is 8.90. The highest BCUT2D eigenvalue weighted by Gasteiger charge is 2.31. The lowest BCUT2D eigenvalue weighted by atomic mass is 10.0. The van der Waals surface area contributed by atoms with Gasteiger partial charge in [0, 0.05) is 3.57 Å². The Balaban J connectivity index is 1.28. The molecule has 1 aliphatic rings. The maximum absolute atomic E-state index is 12.1. The van der Waals surface area contributed by atoms with E-state index in [-0.39, 0.29) is 6.61 Å². The van der Waals surface area contributed by atoms with E-state index in [9.17, 15) is 4.57 Å². The van der Waals surface area contributed by atoms with Crippen molar-refractivity contribution in [2.45, 2.75) is 109 Å². The van der Waals surface area contributed by atoms with Gasteiger partial charge in [-0.2, -0.15) is 0 Å². The number of aryl methyl sites for hydroxylation is 1. The Bertz CT molecular complexity index is 760. The van der Waals surface area contributed by atoms with E-state index in [4.69, 9.17) is 10.0 Å². The van der Waals surface area contributed by atoms with Crippen LogP contribution in [0.2, 0.25) is 0 Å². The van der Waals surface area contributed by atoms with Crippen molar-refractivity contribution in [2.75, 3.05) is 19.7 Å². The summed E-state index contributed by atoms with van der Waals surface area (Å²) >= 11 is 2.36. The molecule has 1 aromatic carbocycles. The second-order valence-corrected chi connectivity index (χ2v) is 11.5. The third-order valence-corrected chi connectivity index (χ3v) is 7.73. The van der Waals surface area contributed by atoms with E-state index in [1.807, 2.05) is 0 Å². The monoisotopic (exact) mass is 582 g/mol. The van der Waals surface area contributed by atoms with E-state index in [1.165, 1.54) is 99.0 Å². The summed E-state index contributed by atoms with van der Waals surface area (Å²) in [6.45, 7) is -5.44. The van der Waals surface area contributed by atoms with Crippen molar-refractivity contribution in [3.05, 3.63) is 33.4 Å². The van der Waals surface area contributed by atoms with Crippen molar-refractivity contribution in [2.24, 2.45) is 0 Å². The number of rotatable bonds is 20. The summed E-state index contributed by atoms with van der Waals surface area (Å²) in [6.07, 6.45) is 21.0. The van der Waals surface area contributed by atoms with Gasteiger partial charge in [-0.15, -0.1) is 0 Å². The molecule has 0 atom stereocenters. The summed E-state index contributed by atoms with van der Waals surface area (Å²) in [5.41, 5.74) is 1.46. The van der Waals surface area contributed by atoms with Crippen molar-refractivity contribution in [3.8, 4) is 0 Å². The van der Waals surface area contributed by atoms with Gasteiger partial charge in [-0.1, -0.05) is 102 Å². The molecule has 1 fully saturated rings. The first kappa shape index (κ1) is 22.5. The second kappa shape index (κ2) is 18.4. The Labute approximate surface area is 215 Å². The quantitative estimate of drug-likeness (QED) is 0.0874. The molecule has 0 aromatic heterocycles. The first-order valence-corrected chi connectivity index (χ1v) is 15.1. The van der Waals surface area contributed by atoms with Gasteiger partial charge in [-0.25, -0.2) is 4.57 Å². The van der Waals surface area contributed by atoms with Crippen LogP contribution in [0.15, 0.2) is 24.3 Å². The highest BCUT2D eigenvalue weighted by Crippen LogP contribution is 2.52. The fourth-order valence-electron chi connectivity index (χ4n) is 3.95. The third-order valence-electron chi connectivity index (χ3n) is 5.88. The summed E-state index contributed by atoms with van der Waals surface area (Å²) in [5, 5.41) is 0. The number of phosphoric acid groups is 1. The summed E-state index contributed by atoms with van der Waals surface area (Å²) in [4.78, 5) is 0. The molecule has 0 N–H and O–H groups in total. The van der Waals surface area contributed by atoms with Crippen molar-refractivity contribution >= 4 is 30.4 Å². The van der Waals surface area contributed by atoms with Gasteiger partial charge < -0.3 is 0 Å². The number of halogens is 1. The molecule has 1 aliphatic heterocycles. The zero-order valence-electron chi connectivity index (χ0n) is 23.5. The van der Waals surface area contributed by atoms with Crippen LogP contribution in [-0.2, 0) is 24.6 Å². The van der Waals surface area contributed by atoms with Crippen LogP contribution < -0.4 is 0 Å². The molecular weight excluding hydrogens is 534 g/mol. The standard InChI is InChI=1S/C26H44IO4P/c27-26-20-18-25(19-21-26)17-15-13-11-9-7-5-3-1-2-4-6-8-10-12-14-16-22-29-32(28)30-23-24-31-32/h18-21H,1-17,22-24H2/i23D2,24D2. The Kier molecular flexibility index (Phi) is 12.9. The molecule has 0 saturated carbocycles. The van der Waals surface area contributed by atoms with E-state index in [2.05, 4.69) is 55.9 Å². The highest BCUT2D eigenvalue weighted by atomic mass is 127. The minimum Gasteiger partial charge on any atom is -0.287 e. The zero-order chi connectivity index (χ0) is 26.3. The van der Waals surface area contributed by atoms with Gasteiger partial charge in [-0.3, -0.25) is 13.6 Å². The SMILES string of the molecule is [2H]C1([2H])OP(=O)(OCCCCCCCCCCCCCCCCCCc2ccc(I)cc2)OC1([2H])[2H]. The van der Waals surface area contributed by atoms with Crippen LogP contribution in [0.3, 0.4) is 0 Å². The van der Waals surface area contributed by atoms with E-state index in [0.717, 1.165) is 12.8 Å². The average Bonchev–Trinajstić information content (AvgIpc) is 2.98. The Morgan fingerprint density at radius 1 is 0.719 bits per heavy atom. The van der Waals surface area contributed by atoms with Gasteiger partial charge >= 0.3 is 7.82 Å². The van der Waals surface area contributed by atoms with Gasteiger partial charge in [0.25, 0.3) is 0 Å². The van der Waals surface area contributed by atoms with Crippen LogP contribution >= 0.6 is 30.4 Å². The largest absolute Gasteiger partial charge is 0.474 e. The van der Waals surface area contributed by atoms with Crippen molar-refractivity contribution in [1.29, 1.82) is 0 Å². The summed E-state index contributed by atoms with van der Waals surface area (Å²) < 4.78 is 57.1. The lowest BCUT2D eigenvalue weighted by molar-refractivity contribution is 0.187. The minimum absolute atomic E-state index is 0.108. The second-order valence-electron chi connectivity index (χ2n) is 8.70. The number of hydrogen-bond donors (Lipinski definition) is 0. The first-order valence-electron chi connectivity index (χ1n) is 14.5. The molecule has 1 saturated heterocycles. The predicted molar refractivity (Wildman–Crippen MR) is 142 cm³/mol. The Morgan fingerprint density at radius 3 is 1.59 bits per heavy atom. The number of phosphoric ester groups is 1. The predicted octanol–water partition coefficient (Wildman–Crippen LogP) is 9.25. The maximum Gasteiger partial charge on any atom is 0.474 e. The van der Waals surface area contributed by atoms with Crippen molar-refractivity contribution in [1.82, 2.24) is 0 Å². The molecule has 0 unspecified atom stereocenters. The number of benzene rings is 1. The summed E-state index contributed by atoms with van der Waals surface area (Å²) in [5.74, 6) is 0. The van der Waals surface area contributed by atoms with Crippen LogP contribution in [0.4, 0.5) is 0 Å². The van der Waals surface area contributed by atoms with Crippen LogP contribution in [0.1, 0.15) is 114 Å². The molecule has 2 rings (SSSR count). The van der Waals surface area contributed by atoms with Crippen LogP contribution in [0.5, 0.6) is 0 Å². The number of hydrogen-bond acceptors (Lipinski definition) is 4. The van der Waals surface area contributed by atoms with Gasteiger partial charge in [0.15, 0.2) is 0 Å². The fraction of sp³-hybridized carbons (Fsp3) is 0.769. The summed E-state index contributed by atoms with van der Waals surface area (Å²) in [7, 11) is -4.17. The van der Waals surface area contributed by atoms with E-state index in [0.29, 0.717) is 6.42 Å². The lowest BCUT2D eigenvalue weighted by Gasteiger charge is -2.09. The molecule has 0 bridgehead atoms. The lowest BCUT2D eigenvalue weighted by Crippen LogP contribution is -1.93. The van der Waals surface area contributed by atoms with E-state index in [1.54, 1.807) is 0 Å². The normalized spacial score (nSPS) is 20.4. The van der Waals surface area contributed by atoms with Gasteiger partial charge in [-0.05, 0) is 59.5 Å².